The van der Waals surface area contributed by atoms with Crippen molar-refractivity contribution < 1.29 is 18.8 Å². The number of rotatable bonds is 5. The van der Waals surface area contributed by atoms with Crippen LogP contribution in [0.1, 0.15) is 15.9 Å². The largest absolute Gasteiger partial charge is 0.488 e. The second kappa shape index (κ2) is 5.92. The van der Waals surface area contributed by atoms with Crippen molar-refractivity contribution >= 4 is 12.0 Å². The first-order valence-corrected chi connectivity index (χ1v) is 5.71. The molecule has 5 nitrogen and oxygen atoms in total. The molecule has 2 aromatic carbocycles. The van der Waals surface area contributed by atoms with Crippen molar-refractivity contribution in [1.29, 1.82) is 0 Å². The smallest absolute Gasteiger partial charge is 0.270 e. The summed E-state index contributed by atoms with van der Waals surface area (Å²) in [6.45, 7) is 0.138. The Balaban J connectivity index is 2.14. The van der Waals surface area contributed by atoms with Gasteiger partial charge in [0, 0.05) is 12.1 Å². The maximum Gasteiger partial charge on any atom is 0.270 e. The lowest BCUT2D eigenvalue weighted by Crippen LogP contribution is -1.99. The number of ether oxygens (including phenoxy) is 1. The third-order valence-electron chi connectivity index (χ3n) is 2.64. The summed E-state index contributed by atoms with van der Waals surface area (Å²) >= 11 is 0. The number of hydrogen-bond donors (Lipinski definition) is 0. The molecule has 0 heterocycles. The van der Waals surface area contributed by atoms with Gasteiger partial charge in [0.15, 0.2) is 6.29 Å². The Kier molecular flexibility index (Phi) is 4.05. The average molecular weight is 275 g/mol. The molecule has 0 bridgehead atoms. The maximum atomic E-state index is 12.7. The Bertz CT molecular complexity index is 640. The van der Waals surface area contributed by atoms with Gasteiger partial charge in [-0.15, -0.1) is 0 Å². The second-order valence-corrected chi connectivity index (χ2v) is 4.01. The van der Waals surface area contributed by atoms with Gasteiger partial charge >= 0.3 is 0 Å². The number of non-ortho nitro benzene ring substituents is 1. The van der Waals surface area contributed by atoms with Crippen LogP contribution in [0.2, 0.25) is 0 Å². The minimum atomic E-state index is -0.587. The van der Waals surface area contributed by atoms with E-state index in [1.54, 1.807) is 12.1 Å². The Morgan fingerprint density at radius 2 is 1.90 bits per heavy atom. The highest BCUT2D eigenvalue weighted by molar-refractivity contribution is 5.80. The zero-order valence-electron chi connectivity index (χ0n) is 10.3. The van der Waals surface area contributed by atoms with Gasteiger partial charge in [0.1, 0.15) is 18.2 Å². The summed E-state index contributed by atoms with van der Waals surface area (Å²) in [5, 5.41) is 10.6. The molecule has 0 fully saturated rings. The zero-order valence-corrected chi connectivity index (χ0v) is 10.3. The van der Waals surface area contributed by atoms with Crippen LogP contribution in [0.15, 0.2) is 42.5 Å². The quantitative estimate of drug-likeness (QED) is 0.477. The number of benzene rings is 2. The first-order chi connectivity index (χ1) is 9.60. The molecule has 6 heteroatoms. The van der Waals surface area contributed by atoms with E-state index >= 15 is 0 Å². The fourth-order valence-electron chi connectivity index (χ4n) is 1.61. The van der Waals surface area contributed by atoms with Crippen LogP contribution in [0.3, 0.4) is 0 Å². The minimum absolute atomic E-state index is 0.0984. The van der Waals surface area contributed by atoms with Crippen molar-refractivity contribution in [2.24, 2.45) is 0 Å². The SMILES string of the molecule is O=Cc1cc([N+](=O)[O-])ccc1OCc1ccc(F)cc1. The molecule has 0 amide bonds. The Hall–Kier alpha value is -2.76. The summed E-state index contributed by atoms with van der Waals surface area (Å²) in [6, 6.07) is 9.48. The zero-order chi connectivity index (χ0) is 14.5. The number of carbonyl (C=O) groups excluding carboxylic acids is 1. The molecule has 2 rings (SSSR count). The lowest BCUT2D eigenvalue weighted by Gasteiger charge is -2.08. The molecule has 0 radical (unpaired) electrons. The third-order valence-corrected chi connectivity index (χ3v) is 2.64. The highest BCUT2D eigenvalue weighted by Gasteiger charge is 2.11. The summed E-state index contributed by atoms with van der Waals surface area (Å²) in [5.41, 5.74) is 0.643. The van der Waals surface area contributed by atoms with Crippen LogP contribution in [0.5, 0.6) is 5.75 Å². The van der Waals surface area contributed by atoms with E-state index in [1.165, 1.54) is 24.3 Å². The fraction of sp³-hybridized carbons (Fsp3) is 0.0714. The Labute approximate surface area is 113 Å². The predicted octanol–water partition coefficient (Wildman–Crippen LogP) is 3.13. The summed E-state index contributed by atoms with van der Waals surface area (Å²) in [4.78, 5) is 20.9. The van der Waals surface area contributed by atoms with E-state index in [-0.39, 0.29) is 29.4 Å². The van der Waals surface area contributed by atoms with Gasteiger partial charge in [-0.2, -0.15) is 0 Å². The molecule has 0 N–H and O–H groups in total. The van der Waals surface area contributed by atoms with Crippen molar-refractivity contribution in [3.8, 4) is 5.75 Å². The van der Waals surface area contributed by atoms with Gasteiger partial charge in [-0.1, -0.05) is 12.1 Å². The minimum Gasteiger partial charge on any atom is -0.488 e. The molecule has 0 atom stereocenters. The summed E-state index contributed by atoms with van der Waals surface area (Å²) in [6.07, 6.45) is 0.493. The molecule has 0 aromatic heterocycles. The van der Waals surface area contributed by atoms with E-state index in [0.29, 0.717) is 6.29 Å². The monoisotopic (exact) mass is 275 g/mol. The van der Waals surface area contributed by atoms with Crippen LogP contribution < -0.4 is 4.74 Å². The van der Waals surface area contributed by atoms with Crippen molar-refractivity contribution in [3.63, 3.8) is 0 Å². The van der Waals surface area contributed by atoms with E-state index in [4.69, 9.17) is 4.74 Å². The second-order valence-electron chi connectivity index (χ2n) is 4.01. The third kappa shape index (κ3) is 3.17. The van der Waals surface area contributed by atoms with Gasteiger partial charge in [0.25, 0.3) is 5.69 Å². The van der Waals surface area contributed by atoms with Gasteiger partial charge in [-0.25, -0.2) is 4.39 Å². The van der Waals surface area contributed by atoms with Crippen LogP contribution in [-0.4, -0.2) is 11.2 Å². The number of hydrogen-bond acceptors (Lipinski definition) is 4. The van der Waals surface area contributed by atoms with Crippen molar-refractivity contribution in [2.75, 3.05) is 0 Å². The van der Waals surface area contributed by atoms with Crippen LogP contribution >= 0.6 is 0 Å². The number of nitro benzene ring substituents is 1. The Morgan fingerprint density at radius 3 is 2.50 bits per heavy atom. The molecule has 0 unspecified atom stereocenters. The molecule has 0 aliphatic rings. The van der Waals surface area contributed by atoms with E-state index in [0.717, 1.165) is 11.6 Å². The molecule has 2 aromatic rings. The van der Waals surface area contributed by atoms with E-state index in [9.17, 15) is 19.3 Å². The molecule has 102 valence electrons. The van der Waals surface area contributed by atoms with Gasteiger partial charge < -0.3 is 4.74 Å². The first-order valence-electron chi connectivity index (χ1n) is 5.71. The molecular weight excluding hydrogens is 265 g/mol. The van der Waals surface area contributed by atoms with E-state index < -0.39 is 4.92 Å². The van der Waals surface area contributed by atoms with Crippen LogP contribution in [-0.2, 0) is 6.61 Å². The maximum absolute atomic E-state index is 12.7. The van der Waals surface area contributed by atoms with Crippen molar-refractivity contribution in [2.45, 2.75) is 6.61 Å². The fourth-order valence-corrected chi connectivity index (χ4v) is 1.61. The molecule has 0 saturated carbocycles. The van der Waals surface area contributed by atoms with Crippen LogP contribution in [0, 0.1) is 15.9 Å². The van der Waals surface area contributed by atoms with Crippen molar-refractivity contribution in [3.05, 3.63) is 69.5 Å². The molecule has 20 heavy (non-hydrogen) atoms. The van der Waals surface area contributed by atoms with Gasteiger partial charge in [0.2, 0.25) is 0 Å². The molecule has 0 aliphatic carbocycles. The molecule has 0 spiro atoms. The predicted molar refractivity (Wildman–Crippen MR) is 69.2 cm³/mol. The summed E-state index contributed by atoms with van der Waals surface area (Å²) < 4.78 is 18.2. The number of carbonyl (C=O) groups is 1. The average Bonchev–Trinajstić information content (AvgIpc) is 2.46. The number of aldehydes is 1. The van der Waals surface area contributed by atoms with Crippen LogP contribution in [0.25, 0.3) is 0 Å². The number of halogens is 1. The molecule has 0 aliphatic heterocycles. The van der Waals surface area contributed by atoms with Gasteiger partial charge in [-0.3, -0.25) is 14.9 Å². The van der Waals surface area contributed by atoms with Crippen molar-refractivity contribution in [1.82, 2.24) is 0 Å². The normalized spacial score (nSPS) is 10.1. The standard InChI is InChI=1S/C14H10FNO4/c15-12-3-1-10(2-4-12)9-20-14-6-5-13(16(18)19)7-11(14)8-17/h1-8H,9H2. The number of nitro groups is 1. The summed E-state index contributed by atoms with van der Waals surface area (Å²) in [7, 11) is 0. The first kappa shape index (κ1) is 13.7. The van der Waals surface area contributed by atoms with Gasteiger partial charge in [0.05, 0.1) is 10.5 Å². The van der Waals surface area contributed by atoms with Gasteiger partial charge in [-0.05, 0) is 23.8 Å². The highest BCUT2D eigenvalue weighted by Crippen LogP contribution is 2.23. The van der Waals surface area contributed by atoms with E-state index in [2.05, 4.69) is 0 Å². The summed E-state index contributed by atoms with van der Waals surface area (Å²) in [5.74, 6) is -0.104. The lowest BCUT2D eigenvalue weighted by atomic mass is 10.2. The Morgan fingerprint density at radius 1 is 1.20 bits per heavy atom. The molecular formula is C14H10FNO4. The lowest BCUT2D eigenvalue weighted by molar-refractivity contribution is -0.384. The highest BCUT2D eigenvalue weighted by atomic mass is 19.1. The molecule has 0 saturated heterocycles. The topological polar surface area (TPSA) is 69.4 Å². The van der Waals surface area contributed by atoms with Crippen LogP contribution in [0.4, 0.5) is 10.1 Å². The van der Waals surface area contributed by atoms with E-state index in [1.807, 2.05) is 0 Å². The number of nitrogens with zero attached hydrogens (tertiary/aromatic N) is 1.